The van der Waals surface area contributed by atoms with Crippen molar-refractivity contribution in [3.8, 4) is 0 Å². The van der Waals surface area contributed by atoms with Crippen LogP contribution in [-0.4, -0.2) is 24.8 Å². The number of carbonyl (C=O) groups excluding carboxylic acids is 1. The second kappa shape index (κ2) is 9.21. The van der Waals surface area contributed by atoms with Crippen LogP contribution in [0.1, 0.15) is 39.7 Å². The van der Waals surface area contributed by atoms with Crippen molar-refractivity contribution < 1.29 is 18.4 Å². The van der Waals surface area contributed by atoms with E-state index >= 15 is 0 Å². The molecule has 0 aliphatic rings. The van der Waals surface area contributed by atoms with E-state index in [2.05, 4.69) is 5.32 Å². The lowest BCUT2D eigenvalue weighted by Gasteiger charge is -2.26. The van der Waals surface area contributed by atoms with Crippen LogP contribution in [0.4, 0.5) is 5.69 Å². The van der Waals surface area contributed by atoms with Crippen LogP contribution in [0.2, 0.25) is 0 Å². The molecule has 0 spiro atoms. The highest BCUT2D eigenvalue weighted by Crippen LogP contribution is 2.55. The summed E-state index contributed by atoms with van der Waals surface area (Å²) in [5, 5.41) is 2.83. The first-order valence-corrected chi connectivity index (χ1v) is 9.69. The first kappa shape index (κ1) is 19.9. The third-order valence-corrected chi connectivity index (χ3v) is 5.76. The van der Waals surface area contributed by atoms with Crippen LogP contribution in [0.25, 0.3) is 0 Å². The first-order chi connectivity index (χ1) is 10.8. The van der Waals surface area contributed by atoms with Crippen molar-refractivity contribution in [3.05, 3.63) is 29.8 Å². The standard InChI is InChI=1S/C17H28NO4P/c1-6-21-23(20,22-7-2)16(12-13(3)4)17(19)18-15-10-8-14(5)9-11-15/h8-11,13,16H,6-7,12H2,1-5H3,(H,18,19). The van der Waals surface area contributed by atoms with E-state index in [4.69, 9.17) is 9.05 Å². The van der Waals surface area contributed by atoms with Crippen molar-refractivity contribution in [1.82, 2.24) is 0 Å². The van der Waals surface area contributed by atoms with Gasteiger partial charge in [0.2, 0.25) is 5.91 Å². The van der Waals surface area contributed by atoms with Crippen LogP contribution in [0.15, 0.2) is 24.3 Å². The Balaban J connectivity index is 3.01. The van der Waals surface area contributed by atoms with Gasteiger partial charge in [0.05, 0.1) is 13.2 Å². The molecule has 0 fully saturated rings. The van der Waals surface area contributed by atoms with E-state index in [9.17, 15) is 9.36 Å². The third-order valence-electron chi connectivity index (χ3n) is 3.32. The van der Waals surface area contributed by atoms with Gasteiger partial charge in [-0.15, -0.1) is 0 Å². The van der Waals surface area contributed by atoms with Crippen molar-refractivity contribution in [2.24, 2.45) is 5.92 Å². The van der Waals surface area contributed by atoms with Gasteiger partial charge in [-0.1, -0.05) is 31.5 Å². The summed E-state index contributed by atoms with van der Waals surface area (Å²) < 4.78 is 23.8. The molecule has 1 aromatic carbocycles. The molecule has 130 valence electrons. The lowest BCUT2D eigenvalue weighted by molar-refractivity contribution is -0.116. The highest BCUT2D eigenvalue weighted by atomic mass is 31.2. The molecule has 1 aromatic rings. The van der Waals surface area contributed by atoms with Crippen LogP contribution >= 0.6 is 7.60 Å². The fourth-order valence-electron chi connectivity index (χ4n) is 2.27. The zero-order valence-corrected chi connectivity index (χ0v) is 15.6. The zero-order valence-electron chi connectivity index (χ0n) is 14.7. The summed E-state index contributed by atoms with van der Waals surface area (Å²) in [6.07, 6.45) is 0.439. The molecule has 1 atom stereocenters. The minimum Gasteiger partial charge on any atom is -0.325 e. The first-order valence-electron chi connectivity index (χ1n) is 8.08. The summed E-state index contributed by atoms with van der Waals surface area (Å²) in [6.45, 7) is 9.91. The summed E-state index contributed by atoms with van der Waals surface area (Å²) in [5.74, 6) is -0.134. The fourth-order valence-corrected chi connectivity index (χ4v) is 4.45. The smallest absolute Gasteiger partial charge is 0.325 e. The quantitative estimate of drug-likeness (QED) is 0.666. The van der Waals surface area contributed by atoms with E-state index in [1.54, 1.807) is 13.8 Å². The Morgan fingerprint density at radius 3 is 2.09 bits per heavy atom. The van der Waals surface area contributed by atoms with Gasteiger partial charge < -0.3 is 14.4 Å². The maximum atomic E-state index is 13.0. The summed E-state index contributed by atoms with van der Waals surface area (Å²) in [7, 11) is -3.50. The molecule has 0 aliphatic heterocycles. The Morgan fingerprint density at radius 2 is 1.65 bits per heavy atom. The van der Waals surface area contributed by atoms with Crippen molar-refractivity contribution in [3.63, 3.8) is 0 Å². The number of anilines is 1. The van der Waals surface area contributed by atoms with E-state index in [1.807, 2.05) is 45.0 Å². The predicted octanol–water partition coefficient (Wildman–Crippen LogP) is 4.61. The number of hydrogen-bond acceptors (Lipinski definition) is 4. The minimum absolute atomic E-state index is 0.193. The second-order valence-electron chi connectivity index (χ2n) is 5.88. The maximum absolute atomic E-state index is 13.0. The van der Waals surface area contributed by atoms with Gasteiger partial charge in [0, 0.05) is 5.69 Å². The van der Waals surface area contributed by atoms with Crippen molar-refractivity contribution in [2.45, 2.75) is 46.7 Å². The molecule has 1 N–H and O–H groups in total. The van der Waals surface area contributed by atoms with Gasteiger partial charge in [-0.3, -0.25) is 9.36 Å². The molecule has 0 saturated heterocycles. The van der Waals surface area contributed by atoms with Gasteiger partial charge >= 0.3 is 7.60 Å². The summed E-state index contributed by atoms with van der Waals surface area (Å²) >= 11 is 0. The van der Waals surface area contributed by atoms with E-state index in [-0.39, 0.29) is 25.0 Å². The number of rotatable bonds is 9. The minimum atomic E-state index is -3.50. The van der Waals surface area contributed by atoms with Crippen molar-refractivity contribution in [1.29, 1.82) is 0 Å². The second-order valence-corrected chi connectivity index (χ2v) is 8.10. The molecule has 0 aliphatic carbocycles. The number of hydrogen-bond donors (Lipinski definition) is 1. The summed E-state index contributed by atoms with van der Waals surface area (Å²) in [5.41, 5.74) is 0.966. The Bertz CT molecular complexity index is 532. The molecule has 0 radical (unpaired) electrons. The normalized spacial score (nSPS) is 13.1. The molecule has 0 saturated carbocycles. The lowest BCUT2D eigenvalue weighted by Crippen LogP contribution is -2.31. The molecular weight excluding hydrogens is 313 g/mol. The lowest BCUT2D eigenvalue weighted by atomic mass is 10.1. The van der Waals surface area contributed by atoms with Crippen molar-refractivity contribution in [2.75, 3.05) is 18.5 Å². The zero-order chi connectivity index (χ0) is 17.5. The van der Waals surface area contributed by atoms with Crippen LogP contribution < -0.4 is 5.32 Å². The van der Waals surface area contributed by atoms with Gasteiger partial charge in [0.15, 0.2) is 0 Å². The average Bonchev–Trinajstić information content (AvgIpc) is 2.47. The Labute approximate surface area is 139 Å². The van der Waals surface area contributed by atoms with Crippen LogP contribution in [0.5, 0.6) is 0 Å². The highest BCUT2D eigenvalue weighted by molar-refractivity contribution is 7.55. The van der Waals surface area contributed by atoms with Gasteiger partial charge in [0.1, 0.15) is 5.66 Å². The summed E-state index contributed by atoms with van der Waals surface area (Å²) in [6, 6.07) is 7.48. The molecule has 0 heterocycles. The summed E-state index contributed by atoms with van der Waals surface area (Å²) in [4.78, 5) is 12.7. The SMILES string of the molecule is CCOP(=O)(OCC)C(CC(C)C)C(=O)Nc1ccc(C)cc1. The molecule has 5 nitrogen and oxygen atoms in total. The van der Waals surface area contributed by atoms with E-state index in [1.165, 1.54) is 0 Å². The molecule has 6 heteroatoms. The van der Waals surface area contributed by atoms with Crippen LogP contribution in [-0.2, 0) is 18.4 Å². The van der Waals surface area contributed by atoms with Crippen LogP contribution in [0, 0.1) is 12.8 Å². The van der Waals surface area contributed by atoms with Gasteiger partial charge in [0.25, 0.3) is 0 Å². The van der Waals surface area contributed by atoms with Gasteiger partial charge in [-0.25, -0.2) is 0 Å². The van der Waals surface area contributed by atoms with Gasteiger partial charge in [-0.05, 0) is 45.2 Å². The third kappa shape index (κ3) is 6.09. The number of amides is 1. The molecule has 0 aromatic heterocycles. The number of nitrogens with one attached hydrogen (secondary N) is 1. The number of benzene rings is 1. The van der Waals surface area contributed by atoms with E-state index in [0.717, 1.165) is 5.56 Å². The molecule has 1 rings (SSSR count). The predicted molar refractivity (Wildman–Crippen MR) is 93.9 cm³/mol. The molecule has 23 heavy (non-hydrogen) atoms. The Morgan fingerprint density at radius 1 is 1.13 bits per heavy atom. The average molecular weight is 341 g/mol. The van der Waals surface area contributed by atoms with Crippen molar-refractivity contribution >= 4 is 19.2 Å². The number of aryl methyl sites for hydroxylation is 1. The molecule has 1 amide bonds. The van der Waals surface area contributed by atoms with Crippen LogP contribution in [0.3, 0.4) is 0 Å². The highest BCUT2D eigenvalue weighted by Gasteiger charge is 2.41. The number of carbonyl (C=O) groups is 1. The fraction of sp³-hybridized carbons (Fsp3) is 0.588. The molecular formula is C17H28NO4P. The maximum Gasteiger partial charge on any atom is 0.343 e. The van der Waals surface area contributed by atoms with E-state index in [0.29, 0.717) is 12.1 Å². The monoisotopic (exact) mass is 341 g/mol. The Kier molecular flexibility index (Phi) is 7.97. The van der Waals surface area contributed by atoms with E-state index < -0.39 is 13.3 Å². The Hall–Kier alpha value is -1.16. The topological polar surface area (TPSA) is 64.6 Å². The van der Waals surface area contributed by atoms with Gasteiger partial charge in [-0.2, -0.15) is 0 Å². The molecule has 0 bridgehead atoms. The molecule has 1 unspecified atom stereocenters. The largest absolute Gasteiger partial charge is 0.343 e.